The van der Waals surface area contributed by atoms with E-state index in [1.165, 1.54) is 4.31 Å². The van der Waals surface area contributed by atoms with Gasteiger partial charge in [0.15, 0.2) is 0 Å². The number of nitrogens with zero attached hydrogens (tertiary/aromatic N) is 1. The Morgan fingerprint density at radius 1 is 1.54 bits per heavy atom. The Labute approximate surface area is 80.2 Å². The number of terminal acetylenes is 1. The molecule has 4 heteroatoms. The predicted molar refractivity (Wildman–Crippen MR) is 52.6 cm³/mol. The van der Waals surface area contributed by atoms with Gasteiger partial charge >= 0.3 is 0 Å². The quantitative estimate of drug-likeness (QED) is 0.620. The third kappa shape index (κ3) is 2.23. The van der Waals surface area contributed by atoms with E-state index >= 15 is 0 Å². The first-order valence-corrected chi connectivity index (χ1v) is 6.18. The monoisotopic (exact) mass is 201 g/mol. The van der Waals surface area contributed by atoms with Gasteiger partial charge in [-0.05, 0) is 19.3 Å². The second kappa shape index (κ2) is 4.12. The fourth-order valence-electron chi connectivity index (χ4n) is 1.56. The van der Waals surface area contributed by atoms with Crippen LogP contribution in [-0.4, -0.2) is 31.1 Å². The van der Waals surface area contributed by atoms with E-state index in [9.17, 15) is 8.42 Å². The fourth-order valence-corrected chi connectivity index (χ4v) is 3.37. The van der Waals surface area contributed by atoms with Crippen LogP contribution in [0.1, 0.15) is 26.2 Å². The summed E-state index contributed by atoms with van der Waals surface area (Å²) in [6.07, 6.45) is 7.66. The largest absolute Gasteiger partial charge is 0.215 e. The van der Waals surface area contributed by atoms with E-state index in [0.29, 0.717) is 13.0 Å². The summed E-state index contributed by atoms with van der Waals surface area (Å²) in [6.45, 7) is 2.50. The van der Waals surface area contributed by atoms with Crippen molar-refractivity contribution in [1.29, 1.82) is 0 Å². The second-order valence-electron chi connectivity index (χ2n) is 3.22. The van der Waals surface area contributed by atoms with Crippen molar-refractivity contribution in [2.45, 2.75) is 32.2 Å². The zero-order chi connectivity index (χ0) is 9.90. The minimum Gasteiger partial charge on any atom is -0.212 e. The number of hydrogen-bond acceptors (Lipinski definition) is 2. The van der Waals surface area contributed by atoms with Gasteiger partial charge in [-0.25, -0.2) is 8.42 Å². The lowest BCUT2D eigenvalue weighted by Crippen LogP contribution is -2.43. The molecular weight excluding hydrogens is 186 g/mol. The summed E-state index contributed by atoms with van der Waals surface area (Å²) in [5.74, 6) is 2.78. The third-order valence-corrected chi connectivity index (χ3v) is 4.27. The Kier molecular flexibility index (Phi) is 3.34. The molecule has 0 aliphatic carbocycles. The first-order valence-electron chi connectivity index (χ1n) is 4.57. The summed E-state index contributed by atoms with van der Waals surface area (Å²) < 4.78 is 24.6. The number of hydrogen-bond donors (Lipinski definition) is 0. The molecule has 1 rings (SSSR count). The highest BCUT2D eigenvalue weighted by atomic mass is 32.2. The van der Waals surface area contributed by atoms with Crippen LogP contribution in [0, 0.1) is 12.3 Å². The molecule has 0 radical (unpaired) electrons. The topological polar surface area (TPSA) is 37.4 Å². The third-order valence-electron chi connectivity index (χ3n) is 2.31. The molecule has 0 N–H and O–H groups in total. The first kappa shape index (κ1) is 10.6. The lowest BCUT2D eigenvalue weighted by Gasteiger charge is -2.30. The summed E-state index contributed by atoms with van der Waals surface area (Å²) in [5.41, 5.74) is 0. The Balaban J connectivity index is 2.83. The molecule has 1 atom stereocenters. The molecule has 1 aliphatic rings. The van der Waals surface area contributed by atoms with Gasteiger partial charge in [0.1, 0.15) is 0 Å². The second-order valence-corrected chi connectivity index (χ2v) is 5.27. The maximum Gasteiger partial charge on any atom is 0.215 e. The zero-order valence-corrected chi connectivity index (χ0v) is 8.68. The van der Waals surface area contributed by atoms with E-state index in [1.807, 2.05) is 6.92 Å². The zero-order valence-electron chi connectivity index (χ0n) is 7.86. The van der Waals surface area contributed by atoms with E-state index in [2.05, 4.69) is 5.92 Å². The van der Waals surface area contributed by atoms with Crippen LogP contribution in [-0.2, 0) is 10.0 Å². The number of rotatable bonds is 2. The predicted octanol–water partition coefficient (Wildman–Crippen LogP) is 0.824. The molecule has 0 aromatic carbocycles. The first-order chi connectivity index (χ1) is 6.11. The van der Waals surface area contributed by atoms with E-state index in [0.717, 1.165) is 12.8 Å². The van der Waals surface area contributed by atoms with Crippen molar-refractivity contribution >= 4 is 10.0 Å². The van der Waals surface area contributed by atoms with Crippen molar-refractivity contribution in [3.05, 3.63) is 0 Å². The van der Waals surface area contributed by atoms with Gasteiger partial charge in [-0.1, -0.05) is 12.8 Å². The molecule has 0 aromatic heterocycles. The Hall–Kier alpha value is -0.530. The Morgan fingerprint density at radius 2 is 2.23 bits per heavy atom. The minimum absolute atomic E-state index is 0.245. The summed E-state index contributed by atoms with van der Waals surface area (Å²) in [4.78, 5) is 0. The molecule has 1 fully saturated rings. The van der Waals surface area contributed by atoms with Gasteiger partial charge in [0.05, 0.1) is 11.8 Å². The van der Waals surface area contributed by atoms with Gasteiger partial charge in [-0.2, -0.15) is 4.31 Å². The van der Waals surface area contributed by atoms with Crippen LogP contribution in [0.4, 0.5) is 0 Å². The van der Waals surface area contributed by atoms with Gasteiger partial charge in [0.2, 0.25) is 10.0 Å². The van der Waals surface area contributed by atoms with Crippen LogP contribution in [0.2, 0.25) is 0 Å². The van der Waals surface area contributed by atoms with E-state index in [1.54, 1.807) is 0 Å². The molecule has 0 amide bonds. The molecule has 1 unspecified atom stereocenters. The SMILES string of the molecule is C#CC(CC)N1CCCCS1(=O)=O. The molecule has 1 heterocycles. The van der Waals surface area contributed by atoms with Crippen molar-refractivity contribution < 1.29 is 8.42 Å². The van der Waals surface area contributed by atoms with E-state index in [4.69, 9.17) is 6.42 Å². The lowest BCUT2D eigenvalue weighted by molar-refractivity contribution is 0.340. The van der Waals surface area contributed by atoms with Crippen LogP contribution in [0.3, 0.4) is 0 Å². The maximum atomic E-state index is 11.6. The van der Waals surface area contributed by atoms with Crippen LogP contribution in [0.15, 0.2) is 0 Å². The van der Waals surface area contributed by atoms with Crippen molar-refractivity contribution in [3.63, 3.8) is 0 Å². The minimum atomic E-state index is -3.06. The lowest BCUT2D eigenvalue weighted by atomic mass is 10.2. The molecule has 3 nitrogen and oxygen atoms in total. The molecule has 0 bridgehead atoms. The summed E-state index contributed by atoms with van der Waals surface area (Å²) in [6, 6.07) is -0.245. The van der Waals surface area contributed by atoms with Crippen molar-refractivity contribution in [2.75, 3.05) is 12.3 Å². The smallest absolute Gasteiger partial charge is 0.212 e. The summed E-state index contributed by atoms with van der Waals surface area (Å²) in [5, 5.41) is 0. The van der Waals surface area contributed by atoms with E-state index in [-0.39, 0.29) is 11.8 Å². The van der Waals surface area contributed by atoms with Crippen LogP contribution in [0.5, 0.6) is 0 Å². The molecular formula is C9H15NO2S. The normalized spacial score (nSPS) is 24.9. The summed E-state index contributed by atoms with van der Waals surface area (Å²) in [7, 11) is -3.06. The molecule has 0 aromatic rings. The maximum absolute atomic E-state index is 11.6. The van der Waals surface area contributed by atoms with Crippen LogP contribution in [0.25, 0.3) is 0 Å². The highest BCUT2D eigenvalue weighted by Crippen LogP contribution is 2.17. The fraction of sp³-hybridized carbons (Fsp3) is 0.778. The highest BCUT2D eigenvalue weighted by molar-refractivity contribution is 7.89. The van der Waals surface area contributed by atoms with Gasteiger partial charge in [0.25, 0.3) is 0 Å². The van der Waals surface area contributed by atoms with Gasteiger partial charge < -0.3 is 0 Å². The number of sulfonamides is 1. The summed E-state index contributed by atoms with van der Waals surface area (Å²) >= 11 is 0. The van der Waals surface area contributed by atoms with Crippen LogP contribution < -0.4 is 0 Å². The molecule has 13 heavy (non-hydrogen) atoms. The van der Waals surface area contributed by atoms with Crippen molar-refractivity contribution in [3.8, 4) is 12.3 Å². The van der Waals surface area contributed by atoms with Crippen molar-refractivity contribution in [1.82, 2.24) is 4.31 Å². The molecule has 0 spiro atoms. The Morgan fingerprint density at radius 3 is 2.69 bits per heavy atom. The van der Waals surface area contributed by atoms with Gasteiger partial charge in [0, 0.05) is 6.54 Å². The van der Waals surface area contributed by atoms with Gasteiger partial charge in [-0.3, -0.25) is 0 Å². The molecule has 1 aliphatic heterocycles. The molecule has 1 saturated heterocycles. The van der Waals surface area contributed by atoms with Crippen LogP contribution >= 0.6 is 0 Å². The Bertz CT molecular complexity index is 302. The van der Waals surface area contributed by atoms with Crippen molar-refractivity contribution in [2.24, 2.45) is 0 Å². The van der Waals surface area contributed by atoms with Gasteiger partial charge in [-0.15, -0.1) is 6.42 Å². The standard InChI is InChI=1S/C9H15NO2S/c1-3-9(4-2)10-7-5-6-8-13(10,11)12/h1,9H,4-8H2,2H3. The average molecular weight is 201 g/mol. The average Bonchev–Trinajstić information content (AvgIpc) is 2.09. The highest BCUT2D eigenvalue weighted by Gasteiger charge is 2.30. The molecule has 74 valence electrons. The van der Waals surface area contributed by atoms with E-state index < -0.39 is 10.0 Å². The molecule has 0 saturated carbocycles.